The van der Waals surface area contributed by atoms with Crippen molar-refractivity contribution in [2.24, 2.45) is 0 Å². The molecule has 1 fully saturated rings. The van der Waals surface area contributed by atoms with Gasteiger partial charge in [0.15, 0.2) is 0 Å². The lowest BCUT2D eigenvalue weighted by Crippen LogP contribution is -2.41. The van der Waals surface area contributed by atoms with Crippen LogP contribution >= 0.6 is 0 Å². The average Bonchev–Trinajstić information content (AvgIpc) is 2.74. The quantitative estimate of drug-likeness (QED) is 0.657. The Morgan fingerprint density at radius 1 is 1.00 bits per heavy atom. The molecule has 1 saturated heterocycles. The van der Waals surface area contributed by atoms with E-state index < -0.39 is 19.9 Å². The van der Waals surface area contributed by atoms with Crippen molar-refractivity contribution in [2.45, 2.75) is 14.7 Å². The summed E-state index contributed by atoms with van der Waals surface area (Å²) in [5.74, 6) is 0.0795. The maximum atomic E-state index is 12.9. The lowest BCUT2D eigenvalue weighted by atomic mass is 10.3. The third kappa shape index (κ3) is 5.14. The van der Waals surface area contributed by atoms with Crippen molar-refractivity contribution in [3.8, 4) is 5.75 Å². The molecule has 29 heavy (non-hydrogen) atoms. The van der Waals surface area contributed by atoms with E-state index in [1.54, 1.807) is 18.2 Å². The fourth-order valence-corrected chi connectivity index (χ4v) is 5.61. The maximum Gasteiger partial charge on any atom is 0.244 e. The number of rotatable bonds is 8. The number of hydrogen-bond acceptors (Lipinski definition) is 7. The first kappa shape index (κ1) is 21.7. The molecule has 0 unspecified atom stereocenters. The van der Waals surface area contributed by atoms with E-state index in [1.807, 2.05) is 0 Å². The van der Waals surface area contributed by atoms with Crippen LogP contribution in [0.2, 0.25) is 0 Å². The van der Waals surface area contributed by atoms with Crippen molar-refractivity contribution in [1.29, 1.82) is 0 Å². The lowest BCUT2D eigenvalue weighted by Gasteiger charge is -2.26. The number of nitrogens with one attached hydrogen (secondary N) is 1. The van der Waals surface area contributed by atoms with E-state index in [2.05, 4.69) is 9.62 Å². The number of hydrogen-bond donors (Lipinski definition) is 1. The first-order chi connectivity index (χ1) is 13.8. The summed E-state index contributed by atoms with van der Waals surface area (Å²) in [6.07, 6.45) is 0. The van der Waals surface area contributed by atoms with Gasteiger partial charge in [-0.15, -0.1) is 0 Å². The van der Waals surface area contributed by atoms with Gasteiger partial charge in [0.05, 0.1) is 30.1 Å². The normalized spacial score (nSPS) is 15.9. The third-order valence-electron chi connectivity index (χ3n) is 4.61. The highest BCUT2D eigenvalue weighted by Crippen LogP contribution is 2.29. The molecule has 2 aromatic carbocycles. The molecule has 0 radical (unpaired) electrons. The number of nitrogens with zero attached hydrogens (tertiary/aromatic N) is 1. The molecule has 1 heterocycles. The zero-order valence-corrected chi connectivity index (χ0v) is 17.7. The van der Waals surface area contributed by atoms with Gasteiger partial charge in [-0.25, -0.2) is 21.6 Å². The highest BCUT2D eigenvalue weighted by molar-refractivity contribution is 7.91. The van der Waals surface area contributed by atoms with Crippen LogP contribution in [0.3, 0.4) is 0 Å². The summed E-state index contributed by atoms with van der Waals surface area (Å²) in [5, 5.41) is 0. The van der Waals surface area contributed by atoms with E-state index in [0.717, 1.165) is 19.2 Å². The Bertz CT molecular complexity index is 1030. The molecule has 158 valence electrons. The molecule has 0 amide bonds. The Morgan fingerprint density at radius 2 is 1.69 bits per heavy atom. The molecule has 3 rings (SSSR count). The minimum atomic E-state index is -3.97. The van der Waals surface area contributed by atoms with Crippen molar-refractivity contribution < 1.29 is 26.3 Å². The van der Waals surface area contributed by atoms with Crippen LogP contribution < -0.4 is 9.46 Å². The van der Waals surface area contributed by atoms with Crippen LogP contribution in [0.25, 0.3) is 0 Å². The molecule has 0 saturated carbocycles. The number of sulfonamides is 1. The third-order valence-corrected chi connectivity index (χ3v) is 7.86. The summed E-state index contributed by atoms with van der Waals surface area (Å²) in [6.45, 7) is 3.47. The van der Waals surface area contributed by atoms with Gasteiger partial charge < -0.3 is 9.47 Å². The smallest absolute Gasteiger partial charge is 0.244 e. The van der Waals surface area contributed by atoms with Crippen molar-refractivity contribution in [3.63, 3.8) is 0 Å². The van der Waals surface area contributed by atoms with Crippen molar-refractivity contribution in [3.05, 3.63) is 48.5 Å². The molecule has 1 N–H and O–H groups in total. The molecule has 8 nitrogen and oxygen atoms in total. The van der Waals surface area contributed by atoms with Crippen LogP contribution in [0.1, 0.15) is 0 Å². The zero-order chi connectivity index (χ0) is 20.9. The van der Waals surface area contributed by atoms with Crippen molar-refractivity contribution >= 4 is 19.9 Å². The Hall–Kier alpha value is -1.98. The topological polar surface area (TPSA) is 102 Å². The highest BCUT2D eigenvalue weighted by Gasteiger charge is 2.25. The van der Waals surface area contributed by atoms with Gasteiger partial charge in [-0.05, 0) is 30.3 Å². The molecule has 0 bridgehead atoms. The minimum absolute atomic E-state index is 0.0795. The SMILES string of the molecule is COc1ccc(S(=O)(=O)c2ccccc2)cc1S(=O)(=O)NCCN1CCOCC1. The van der Waals surface area contributed by atoms with E-state index in [0.29, 0.717) is 19.8 Å². The zero-order valence-electron chi connectivity index (χ0n) is 16.1. The Kier molecular flexibility index (Phi) is 6.91. The molecule has 0 aliphatic carbocycles. The summed E-state index contributed by atoms with van der Waals surface area (Å²) in [7, 11) is -6.48. The van der Waals surface area contributed by atoms with Crippen LogP contribution in [0.4, 0.5) is 0 Å². The first-order valence-corrected chi connectivity index (χ1v) is 12.1. The second-order valence-electron chi connectivity index (χ2n) is 6.48. The van der Waals surface area contributed by atoms with Crippen LogP contribution in [-0.4, -0.2) is 68.2 Å². The number of benzene rings is 2. The molecule has 10 heteroatoms. The predicted molar refractivity (Wildman–Crippen MR) is 107 cm³/mol. The van der Waals surface area contributed by atoms with Gasteiger partial charge in [0.2, 0.25) is 19.9 Å². The van der Waals surface area contributed by atoms with Crippen LogP contribution in [0.5, 0.6) is 5.75 Å². The van der Waals surface area contributed by atoms with Gasteiger partial charge in [-0.2, -0.15) is 0 Å². The monoisotopic (exact) mass is 440 g/mol. The van der Waals surface area contributed by atoms with Gasteiger partial charge in [0.1, 0.15) is 10.6 Å². The Balaban J connectivity index is 1.84. The molecular formula is C19H24N2O6S2. The van der Waals surface area contributed by atoms with Gasteiger partial charge in [-0.3, -0.25) is 4.90 Å². The molecular weight excluding hydrogens is 416 g/mol. The average molecular weight is 441 g/mol. The standard InChI is InChI=1S/C19H24N2O6S2/c1-26-18-8-7-17(28(22,23)16-5-3-2-4-6-16)15-19(18)29(24,25)20-9-10-21-11-13-27-14-12-21/h2-8,15,20H,9-14H2,1H3. The largest absolute Gasteiger partial charge is 0.495 e. The van der Waals surface area contributed by atoms with Crippen LogP contribution in [0.15, 0.2) is 63.2 Å². The van der Waals surface area contributed by atoms with Crippen LogP contribution in [-0.2, 0) is 24.6 Å². The number of ether oxygens (including phenoxy) is 2. The molecule has 0 spiro atoms. The Morgan fingerprint density at radius 3 is 2.34 bits per heavy atom. The van der Waals surface area contributed by atoms with E-state index in [1.165, 1.54) is 31.4 Å². The lowest BCUT2D eigenvalue weighted by molar-refractivity contribution is 0.0390. The summed E-state index contributed by atoms with van der Waals surface area (Å²) in [5.41, 5.74) is 0. The predicted octanol–water partition coefficient (Wildman–Crippen LogP) is 1.14. The number of sulfone groups is 1. The van der Waals surface area contributed by atoms with Gasteiger partial charge in [-0.1, -0.05) is 18.2 Å². The van der Waals surface area contributed by atoms with Gasteiger partial charge in [0, 0.05) is 26.2 Å². The van der Waals surface area contributed by atoms with Gasteiger partial charge in [0.25, 0.3) is 0 Å². The fraction of sp³-hybridized carbons (Fsp3) is 0.368. The minimum Gasteiger partial charge on any atom is -0.495 e. The molecule has 1 aliphatic heterocycles. The maximum absolute atomic E-state index is 12.9. The van der Waals surface area contributed by atoms with Gasteiger partial charge >= 0.3 is 0 Å². The second-order valence-corrected chi connectivity index (χ2v) is 10.2. The summed E-state index contributed by atoms with van der Waals surface area (Å²) in [4.78, 5) is 1.87. The van der Waals surface area contributed by atoms with E-state index in [-0.39, 0.29) is 27.0 Å². The van der Waals surface area contributed by atoms with Crippen molar-refractivity contribution in [1.82, 2.24) is 9.62 Å². The fourth-order valence-electron chi connectivity index (χ4n) is 3.01. The molecule has 2 aromatic rings. The summed E-state index contributed by atoms with van der Waals surface area (Å²) in [6, 6.07) is 11.7. The summed E-state index contributed by atoms with van der Waals surface area (Å²) >= 11 is 0. The molecule has 1 aliphatic rings. The molecule has 0 aromatic heterocycles. The summed E-state index contributed by atoms with van der Waals surface area (Å²) < 4.78 is 64.4. The van der Waals surface area contributed by atoms with E-state index >= 15 is 0 Å². The second kappa shape index (κ2) is 9.23. The van der Waals surface area contributed by atoms with Crippen molar-refractivity contribution in [2.75, 3.05) is 46.5 Å². The molecule has 0 atom stereocenters. The highest BCUT2D eigenvalue weighted by atomic mass is 32.2. The Labute approximate surface area is 171 Å². The van der Waals surface area contributed by atoms with E-state index in [9.17, 15) is 16.8 Å². The number of methoxy groups -OCH3 is 1. The van der Waals surface area contributed by atoms with E-state index in [4.69, 9.17) is 9.47 Å². The number of morpholine rings is 1. The first-order valence-electron chi connectivity index (χ1n) is 9.12. The van der Waals surface area contributed by atoms with Crippen LogP contribution in [0, 0.1) is 0 Å².